The Hall–Kier alpha value is -1.41. The third kappa shape index (κ3) is 3.54. The molecule has 2 heteroatoms. The van der Waals surface area contributed by atoms with Gasteiger partial charge >= 0.3 is 0 Å². The second-order valence-electron chi connectivity index (χ2n) is 5.19. The molecule has 0 atom stereocenters. The maximum absolute atomic E-state index is 4.49. The molecule has 1 aromatic heterocycles. The van der Waals surface area contributed by atoms with E-state index < -0.39 is 0 Å². The van der Waals surface area contributed by atoms with Crippen LogP contribution in [0.4, 0.5) is 0 Å². The van der Waals surface area contributed by atoms with Gasteiger partial charge in [0.15, 0.2) is 0 Å². The van der Waals surface area contributed by atoms with Crippen molar-refractivity contribution >= 4 is 10.9 Å². The Kier molecular flexibility index (Phi) is 4.71. The molecular weight excluding hydrogens is 220 g/mol. The van der Waals surface area contributed by atoms with Gasteiger partial charge in [-0.05, 0) is 43.5 Å². The molecule has 0 amide bonds. The van der Waals surface area contributed by atoms with Crippen LogP contribution in [-0.4, -0.2) is 18.1 Å². The summed E-state index contributed by atoms with van der Waals surface area (Å²) in [5, 5.41) is 4.72. The highest BCUT2D eigenvalue weighted by Gasteiger charge is 2.01. The predicted molar refractivity (Wildman–Crippen MR) is 77.8 cm³/mol. The molecule has 0 aliphatic rings. The van der Waals surface area contributed by atoms with E-state index in [-0.39, 0.29) is 0 Å². The van der Waals surface area contributed by atoms with Gasteiger partial charge in [0.1, 0.15) is 0 Å². The van der Waals surface area contributed by atoms with E-state index in [1.165, 1.54) is 17.4 Å². The summed E-state index contributed by atoms with van der Waals surface area (Å²) in [4.78, 5) is 4.49. The van der Waals surface area contributed by atoms with E-state index in [4.69, 9.17) is 0 Å². The molecule has 0 radical (unpaired) electrons. The van der Waals surface area contributed by atoms with Gasteiger partial charge in [-0.2, -0.15) is 0 Å². The quantitative estimate of drug-likeness (QED) is 0.785. The van der Waals surface area contributed by atoms with Gasteiger partial charge in [-0.15, -0.1) is 0 Å². The average molecular weight is 242 g/mol. The summed E-state index contributed by atoms with van der Waals surface area (Å²) in [6.07, 6.45) is 4.14. The van der Waals surface area contributed by atoms with E-state index in [0.29, 0.717) is 0 Å². The number of nitrogens with one attached hydrogen (secondary N) is 1. The predicted octanol–water partition coefficient (Wildman–Crippen LogP) is 3.41. The van der Waals surface area contributed by atoms with Crippen LogP contribution < -0.4 is 5.32 Å². The lowest BCUT2D eigenvalue weighted by molar-refractivity contribution is 0.543. The molecule has 0 unspecified atom stereocenters. The Labute approximate surface area is 109 Å². The number of fused-ring (bicyclic) bond motifs is 1. The number of hydrogen-bond acceptors (Lipinski definition) is 2. The molecule has 0 aliphatic carbocycles. The first-order chi connectivity index (χ1) is 8.77. The maximum atomic E-state index is 4.49. The molecule has 0 aliphatic heterocycles. The van der Waals surface area contributed by atoms with E-state index >= 15 is 0 Å². The number of nitrogens with zero attached hydrogens (tertiary/aromatic N) is 1. The van der Waals surface area contributed by atoms with E-state index in [9.17, 15) is 0 Å². The zero-order valence-corrected chi connectivity index (χ0v) is 11.3. The van der Waals surface area contributed by atoms with Gasteiger partial charge in [0.2, 0.25) is 0 Å². The standard InChI is InChI=1S/C16H22N2/c1-13(2)12-17-10-4-8-14-6-3-7-15-9-5-11-18-16(14)15/h3,5-7,9,11,13,17H,4,8,10,12H2,1-2H3. The SMILES string of the molecule is CC(C)CNCCCc1cccc2cccnc12. The molecule has 0 spiro atoms. The summed E-state index contributed by atoms with van der Waals surface area (Å²) in [6, 6.07) is 10.6. The van der Waals surface area contributed by atoms with Crippen molar-refractivity contribution in [2.45, 2.75) is 26.7 Å². The van der Waals surface area contributed by atoms with Crippen LogP contribution in [0, 0.1) is 5.92 Å². The molecule has 96 valence electrons. The van der Waals surface area contributed by atoms with Gasteiger partial charge in [0.25, 0.3) is 0 Å². The highest BCUT2D eigenvalue weighted by Crippen LogP contribution is 2.16. The number of para-hydroxylation sites is 1. The van der Waals surface area contributed by atoms with Crippen molar-refractivity contribution < 1.29 is 0 Å². The summed E-state index contributed by atoms with van der Waals surface area (Å²) < 4.78 is 0. The van der Waals surface area contributed by atoms with Crippen molar-refractivity contribution in [1.29, 1.82) is 0 Å². The number of aryl methyl sites for hydroxylation is 1. The smallest absolute Gasteiger partial charge is 0.0733 e. The van der Waals surface area contributed by atoms with E-state index in [1.807, 2.05) is 12.3 Å². The van der Waals surface area contributed by atoms with Crippen molar-refractivity contribution in [3.63, 3.8) is 0 Å². The fourth-order valence-electron chi connectivity index (χ4n) is 2.16. The Morgan fingerprint density at radius 2 is 2.00 bits per heavy atom. The normalized spacial score (nSPS) is 11.3. The topological polar surface area (TPSA) is 24.9 Å². The van der Waals surface area contributed by atoms with Crippen LogP contribution in [-0.2, 0) is 6.42 Å². The third-order valence-corrected chi connectivity index (χ3v) is 3.07. The summed E-state index contributed by atoms with van der Waals surface area (Å²) in [5.41, 5.74) is 2.52. The van der Waals surface area contributed by atoms with Crippen LogP contribution in [0.2, 0.25) is 0 Å². The van der Waals surface area contributed by atoms with Crippen molar-refractivity contribution in [3.8, 4) is 0 Å². The van der Waals surface area contributed by atoms with Crippen molar-refractivity contribution in [3.05, 3.63) is 42.1 Å². The first kappa shape index (κ1) is 13.0. The summed E-state index contributed by atoms with van der Waals surface area (Å²) in [7, 11) is 0. The van der Waals surface area contributed by atoms with E-state index in [0.717, 1.165) is 30.9 Å². The number of rotatable bonds is 6. The van der Waals surface area contributed by atoms with Gasteiger partial charge in [-0.1, -0.05) is 38.1 Å². The monoisotopic (exact) mass is 242 g/mol. The number of pyridine rings is 1. The lowest BCUT2D eigenvalue weighted by atomic mass is 10.1. The molecule has 0 fully saturated rings. The Bertz CT molecular complexity index is 486. The van der Waals surface area contributed by atoms with Gasteiger partial charge in [0.05, 0.1) is 5.52 Å². The Morgan fingerprint density at radius 3 is 2.83 bits per heavy atom. The van der Waals surface area contributed by atoms with E-state index in [2.05, 4.69) is 48.4 Å². The first-order valence-corrected chi connectivity index (χ1v) is 6.80. The fraction of sp³-hybridized carbons (Fsp3) is 0.438. The molecule has 1 N–H and O–H groups in total. The minimum absolute atomic E-state index is 0.726. The van der Waals surface area contributed by atoms with E-state index in [1.54, 1.807) is 0 Å². The maximum Gasteiger partial charge on any atom is 0.0733 e. The zero-order chi connectivity index (χ0) is 12.8. The molecule has 0 bridgehead atoms. The highest BCUT2D eigenvalue weighted by atomic mass is 14.8. The second kappa shape index (κ2) is 6.50. The zero-order valence-electron chi connectivity index (χ0n) is 11.3. The van der Waals surface area contributed by atoms with Gasteiger partial charge in [-0.3, -0.25) is 4.98 Å². The summed E-state index contributed by atoms with van der Waals surface area (Å²) in [6.45, 7) is 6.67. The summed E-state index contributed by atoms with van der Waals surface area (Å²) >= 11 is 0. The largest absolute Gasteiger partial charge is 0.316 e. The van der Waals surface area contributed by atoms with Gasteiger partial charge in [0, 0.05) is 11.6 Å². The fourth-order valence-corrected chi connectivity index (χ4v) is 2.16. The molecule has 0 saturated carbocycles. The molecule has 1 heterocycles. The lowest BCUT2D eigenvalue weighted by Gasteiger charge is -2.08. The minimum atomic E-state index is 0.726. The molecular formula is C16H22N2. The molecule has 2 nitrogen and oxygen atoms in total. The van der Waals surface area contributed by atoms with Crippen LogP contribution >= 0.6 is 0 Å². The van der Waals surface area contributed by atoms with Crippen LogP contribution in [0.3, 0.4) is 0 Å². The van der Waals surface area contributed by atoms with Gasteiger partial charge < -0.3 is 5.32 Å². The third-order valence-electron chi connectivity index (χ3n) is 3.07. The number of hydrogen-bond donors (Lipinski definition) is 1. The van der Waals surface area contributed by atoms with Crippen molar-refractivity contribution in [1.82, 2.24) is 10.3 Å². The number of benzene rings is 1. The molecule has 1 aromatic carbocycles. The number of aromatic nitrogens is 1. The average Bonchev–Trinajstić information content (AvgIpc) is 2.38. The molecule has 0 saturated heterocycles. The molecule has 2 aromatic rings. The summed E-state index contributed by atoms with van der Waals surface area (Å²) in [5.74, 6) is 0.726. The lowest BCUT2D eigenvalue weighted by Crippen LogP contribution is -2.21. The van der Waals surface area contributed by atoms with Crippen LogP contribution in [0.15, 0.2) is 36.5 Å². The van der Waals surface area contributed by atoms with Crippen LogP contribution in [0.5, 0.6) is 0 Å². The Balaban J connectivity index is 1.91. The van der Waals surface area contributed by atoms with Crippen molar-refractivity contribution in [2.75, 3.05) is 13.1 Å². The van der Waals surface area contributed by atoms with Crippen molar-refractivity contribution in [2.24, 2.45) is 5.92 Å². The Morgan fingerprint density at radius 1 is 1.17 bits per heavy atom. The molecule has 18 heavy (non-hydrogen) atoms. The van der Waals surface area contributed by atoms with Crippen LogP contribution in [0.1, 0.15) is 25.8 Å². The molecule has 2 rings (SSSR count). The first-order valence-electron chi connectivity index (χ1n) is 6.80. The second-order valence-corrected chi connectivity index (χ2v) is 5.19. The minimum Gasteiger partial charge on any atom is -0.316 e. The van der Waals surface area contributed by atoms with Gasteiger partial charge in [-0.25, -0.2) is 0 Å². The highest BCUT2D eigenvalue weighted by molar-refractivity contribution is 5.81. The van der Waals surface area contributed by atoms with Crippen LogP contribution in [0.25, 0.3) is 10.9 Å².